The molecule has 0 aromatic carbocycles. The number of aryl methyl sites for hydroxylation is 1. The van der Waals surface area contributed by atoms with Crippen molar-refractivity contribution in [2.24, 2.45) is 13.0 Å². The maximum atomic E-state index is 12.0. The van der Waals surface area contributed by atoms with Crippen molar-refractivity contribution in [3.63, 3.8) is 0 Å². The molecule has 1 aromatic heterocycles. The van der Waals surface area contributed by atoms with Crippen molar-refractivity contribution in [2.75, 3.05) is 13.2 Å². The summed E-state index contributed by atoms with van der Waals surface area (Å²) in [5.41, 5.74) is 2.91. The molecule has 0 amide bonds. The van der Waals surface area contributed by atoms with Crippen LogP contribution in [-0.2, 0) is 11.8 Å². The average molecular weight is 251 g/mol. The Balaban J connectivity index is 2.48. The Morgan fingerprint density at radius 3 is 2.61 bits per heavy atom. The summed E-state index contributed by atoms with van der Waals surface area (Å²) < 4.78 is 7.54. The lowest BCUT2D eigenvalue weighted by Gasteiger charge is -2.10. The lowest BCUT2D eigenvalue weighted by atomic mass is 10.1. The number of nitrogens with zero attached hydrogens (tertiary/aromatic N) is 1. The minimum absolute atomic E-state index is 0.0832. The zero-order chi connectivity index (χ0) is 13.7. The molecule has 102 valence electrons. The summed E-state index contributed by atoms with van der Waals surface area (Å²) >= 11 is 0. The van der Waals surface area contributed by atoms with Gasteiger partial charge >= 0.3 is 0 Å². The van der Waals surface area contributed by atoms with E-state index >= 15 is 0 Å². The molecule has 0 N–H and O–H groups in total. The van der Waals surface area contributed by atoms with Crippen LogP contribution < -0.4 is 0 Å². The molecule has 3 heteroatoms. The molecule has 1 atom stereocenters. The third-order valence-corrected chi connectivity index (χ3v) is 3.49. The van der Waals surface area contributed by atoms with Gasteiger partial charge in [-0.05, 0) is 32.3 Å². The van der Waals surface area contributed by atoms with Crippen molar-refractivity contribution in [3.8, 4) is 0 Å². The van der Waals surface area contributed by atoms with Crippen LogP contribution in [0.2, 0.25) is 0 Å². The topological polar surface area (TPSA) is 31.2 Å². The second-order valence-corrected chi connectivity index (χ2v) is 5.18. The van der Waals surface area contributed by atoms with Crippen LogP contribution in [0.3, 0.4) is 0 Å². The number of aromatic nitrogens is 1. The SMILES string of the molecule is CCCC(C)COCC(=O)c1cc(C)n(C)c1C. The number of ketones is 1. The van der Waals surface area contributed by atoms with E-state index in [1.807, 2.05) is 31.5 Å². The lowest BCUT2D eigenvalue weighted by Crippen LogP contribution is -2.14. The Kier molecular flexibility index (Phi) is 5.60. The first kappa shape index (κ1) is 15.0. The Bertz CT molecular complexity index is 407. The summed E-state index contributed by atoms with van der Waals surface area (Å²) in [6, 6.07) is 1.94. The van der Waals surface area contributed by atoms with Crippen LogP contribution >= 0.6 is 0 Å². The Hall–Kier alpha value is -1.09. The molecule has 0 saturated carbocycles. The van der Waals surface area contributed by atoms with E-state index in [1.165, 1.54) is 0 Å². The van der Waals surface area contributed by atoms with Crippen LogP contribution in [0.5, 0.6) is 0 Å². The Labute approximate surface area is 110 Å². The molecule has 18 heavy (non-hydrogen) atoms. The third kappa shape index (κ3) is 3.70. The normalized spacial score (nSPS) is 12.7. The fraction of sp³-hybridized carbons (Fsp3) is 0.667. The highest BCUT2D eigenvalue weighted by Gasteiger charge is 2.14. The first-order valence-corrected chi connectivity index (χ1v) is 6.71. The molecule has 3 nitrogen and oxygen atoms in total. The highest BCUT2D eigenvalue weighted by Crippen LogP contribution is 2.14. The first-order chi connectivity index (χ1) is 8.47. The molecule has 0 bridgehead atoms. The van der Waals surface area contributed by atoms with Crippen molar-refractivity contribution >= 4 is 5.78 Å². The molecule has 0 aliphatic rings. The maximum Gasteiger partial charge on any atom is 0.190 e. The van der Waals surface area contributed by atoms with Crippen molar-refractivity contribution in [3.05, 3.63) is 23.0 Å². The third-order valence-electron chi connectivity index (χ3n) is 3.49. The van der Waals surface area contributed by atoms with Crippen molar-refractivity contribution < 1.29 is 9.53 Å². The highest BCUT2D eigenvalue weighted by atomic mass is 16.5. The van der Waals surface area contributed by atoms with Crippen LogP contribution in [-0.4, -0.2) is 23.6 Å². The van der Waals surface area contributed by atoms with Gasteiger partial charge in [0.15, 0.2) is 5.78 Å². The predicted molar refractivity (Wildman–Crippen MR) is 74.1 cm³/mol. The van der Waals surface area contributed by atoms with Gasteiger partial charge in [0.25, 0.3) is 0 Å². The van der Waals surface area contributed by atoms with Gasteiger partial charge in [0, 0.05) is 30.6 Å². The number of hydrogen-bond acceptors (Lipinski definition) is 2. The van der Waals surface area contributed by atoms with Gasteiger partial charge in [0.2, 0.25) is 0 Å². The van der Waals surface area contributed by atoms with Gasteiger partial charge in [-0.1, -0.05) is 20.3 Å². The number of rotatable bonds is 7. The maximum absolute atomic E-state index is 12.0. The molecule has 0 radical (unpaired) electrons. The van der Waals surface area contributed by atoms with Crippen molar-refractivity contribution in [1.82, 2.24) is 4.57 Å². The second kappa shape index (κ2) is 6.74. The van der Waals surface area contributed by atoms with Crippen molar-refractivity contribution in [1.29, 1.82) is 0 Å². The number of Topliss-reactive ketones (excluding diaryl/α,β-unsaturated/α-hetero) is 1. The molecule has 0 saturated heterocycles. The van der Waals surface area contributed by atoms with Gasteiger partial charge in [0.1, 0.15) is 6.61 Å². The fourth-order valence-corrected chi connectivity index (χ4v) is 2.14. The van der Waals surface area contributed by atoms with Gasteiger partial charge < -0.3 is 9.30 Å². The first-order valence-electron chi connectivity index (χ1n) is 6.71. The van der Waals surface area contributed by atoms with Gasteiger partial charge in [0.05, 0.1) is 0 Å². The van der Waals surface area contributed by atoms with Crippen LogP contribution in [0.25, 0.3) is 0 Å². The van der Waals surface area contributed by atoms with E-state index < -0.39 is 0 Å². The molecular weight excluding hydrogens is 226 g/mol. The summed E-state index contributed by atoms with van der Waals surface area (Å²) in [4.78, 5) is 12.0. The van der Waals surface area contributed by atoms with E-state index in [0.717, 1.165) is 29.8 Å². The van der Waals surface area contributed by atoms with E-state index in [4.69, 9.17) is 4.74 Å². The quantitative estimate of drug-likeness (QED) is 0.696. The molecule has 1 aromatic rings. The Morgan fingerprint density at radius 1 is 1.44 bits per heavy atom. The minimum Gasteiger partial charge on any atom is -0.373 e. The number of carbonyl (C=O) groups is 1. The standard InChI is InChI=1S/C15H25NO2/c1-6-7-11(2)9-18-10-15(17)14-8-12(3)16(5)13(14)4/h8,11H,6-7,9-10H2,1-5H3. The largest absolute Gasteiger partial charge is 0.373 e. The average Bonchev–Trinajstić information content (AvgIpc) is 2.57. The molecular formula is C15H25NO2. The fourth-order valence-electron chi connectivity index (χ4n) is 2.14. The van der Waals surface area contributed by atoms with Gasteiger partial charge in [-0.2, -0.15) is 0 Å². The molecule has 0 aliphatic heterocycles. The van der Waals surface area contributed by atoms with Gasteiger partial charge in [-0.3, -0.25) is 4.79 Å². The van der Waals surface area contributed by atoms with E-state index in [1.54, 1.807) is 0 Å². The van der Waals surface area contributed by atoms with E-state index in [9.17, 15) is 4.79 Å². The molecule has 1 unspecified atom stereocenters. The molecule has 1 rings (SSSR count). The summed E-state index contributed by atoms with van der Waals surface area (Å²) in [5.74, 6) is 0.612. The van der Waals surface area contributed by atoms with E-state index in [2.05, 4.69) is 13.8 Å². The number of carbonyl (C=O) groups excluding carboxylic acids is 1. The van der Waals surface area contributed by atoms with E-state index in [0.29, 0.717) is 12.5 Å². The van der Waals surface area contributed by atoms with Crippen LogP contribution in [0.15, 0.2) is 6.07 Å². The summed E-state index contributed by atoms with van der Waals surface area (Å²) in [5, 5.41) is 0. The van der Waals surface area contributed by atoms with Gasteiger partial charge in [-0.15, -0.1) is 0 Å². The zero-order valence-electron chi connectivity index (χ0n) is 12.2. The summed E-state index contributed by atoms with van der Waals surface area (Å²) in [6.45, 7) is 9.17. The highest BCUT2D eigenvalue weighted by molar-refractivity contribution is 5.98. The minimum atomic E-state index is 0.0832. The second-order valence-electron chi connectivity index (χ2n) is 5.18. The molecule has 0 spiro atoms. The van der Waals surface area contributed by atoms with Crippen LogP contribution in [0.4, 0.5) is 0 Å². The Morgan fingerprint density at radius 2 is 2.11 bits per heavy atom. The smallest absolute Gasteiger partial charge is 0.190 e. The molecule has 0 fully saturated rings. The lowest BCUT2D eigenvalue weighted by molar-refractivity contribution is 0.0682. The van der Waals surface area contributed by atoms with E-state index in [-0.39, 0.29) is 12.4 Å². The molecule has 1 heterocycles. The van der Waals surface area contributed by atoms with Crippen molar-refractivity contribution in [2.45, 2.75) is 40.5 Å². The van der Waals surface area contributed by atoms with Gasteiger partial charge in [-0.25, -0.2) is 0 Å². The number of ether oxygens (including phenoxy) is 1. The summed E-state index contributed by atoms with van der Waals surface area (Å²) in [7, 11) is 1.98. The zero-order valence-corrected chi connectivity index (χ0v) is 12.2. The monoisotopic (exact) mass is 251 g/mol. The molecule has 0 aliphatic carbocycles. The predicted octanol–water partition coefficient (Wildman–Crippen LogP) is 3.28. The number of hydrogen-bond donors (Lipinski definition) is 0. The van der Waals surface area contributed by atoms with Crippen LogP contribution in [0.1, 0.15) is 48.4 Å². The summed E-state index contributed by atoms with van der Waals surface area (Å²) in [6.07, 6.45) is 2.31. The van der Waals surface area contributed by atoms with Crippen LogP contribution in [0, 0.1) is 19.8 Å².